The fourth-order valence-corrected chi connectivity index (χ4v) is 7.10. The van der Waals surface area contributed by atoms with Gasteiger partial charge in [0, 0.05) is 16.7 Å². The number of aliphatic hydroxyl groups is 4. The Morgan fingerprint density at radius 3 is 2.11 bits per heavy atom. The minimum absolute atomic E-state index is 0.236. The molecule has 6 atom stereocenters. The summed E-state index contributed by atoms with van der Waals surface area (Å²) in [7, 11) is 0. The van der Waals surface area contributed by atoms with E-state index >= 15 is 0 Å². The molecule has 6 N–H and O–H groups in total. The third kappa shape index (κ3) is 2.77. The molecule has 1 aromatic carbocycles. The van der Waals surface area contributed by atoms with Crippen molar-refractivity contribution >= 4 is 29.1 Å². The summed E-state index contributed by atoms with van der Waals surface area (Å²) < 4.78 is 0. The molecule has 0 amide bonds. The number of carbonyl (C=O) groups is 4. The molecule has 0 aromatic heterocycles. The van der Waals surface area contributed by atoms with Crippen molar-refractivity contribution in [2.45, 2.75) is 59.2 Å². The van der Waals surface area contributed by atoms with E-state index < -0.39 is 97.6 Å². The molecule has 0 bridgehead atoms. The van der Waals surface area contributed by atoms with Crippen molar-refractivity contribution in [3.05, 3.63) is 45.7 Å². The number of Topliss-reactive ketones (excluding diaryl/α,β-unsaturated/α-hetero) is 3. The number of carboxylic acids is 1. The Hall–Kier alpha value is -3.50. The van der Waals surface area contributed by atoms with Gasteiger partial charge in [-0.1, -0.05) is 40.7 Å². The number of aromatic hydroxyl groups is 1. The lowest BCUT2D eigenvalue weighted by Crippen LogP contribution is -2.75. The molecule has 0 heterocycles. The molecule has 1 aromatic rings. The average Bonchev–Trinajstić information content (AvgIpc) is 2.78. The van der Waals surface area contributed by atoms with Crippen molar-refractivity contribution in [1.82, 2.24) is 0 Å². The van der Waals surface area contributed by atoms with Crippen molar-refractivity contribution < 1.29 is 49.8 Å². The van der Waals surface area contributed by atoms with Gasteiger partial charge in [-0.15, -0.1) is 0 Å². The lowest BCUT2D eigenvalue weighted by atomic mass is 9.40. The minimum Gasteiger partial charge on any atom is -0.508 e. The number of allylic oxidation sites excluding steroid dienone is 1. The number of aliphatic hydroxyl groups excluding tert-OH is 3. The van der Waals surface area contributed by atoms with Crippen molar-refractivity contribution in [2.75, 3.05) is 0 Å². The molecule has 1 fully saturated rings. The van der Waals surface area contributed by atoms with E-state index in [1.165, 1.54) is 19.9 Å². The number of aromatic carboxylic acids is 1. The highest BCUT2D eigenvalue weighted by Gasteiger charge is 2.77. The Bertz CT molecular complexity index is 1370. The average molecular weight is 515 g/mol. The van der Waals surface area contributed by atoms with Gasteiger partial charge in [-0.05, 0) is 30.4 Å². The molecule has 1 saturated carbocycles. The van der Waals surface area contributed by atoms with Crippen LogP contribution in [0.25, 0.3) is 5.76 Å². The monoisotopic (exact) mass is 514 g/mol. The molecular weight excluding hydrogens is 484 g/mol. The van der Waals surface area contributed by atoms with Crippen LogP contribution < -0.4 is 0 Å². The third-order valence-electron chi connectivity index (χ3n) is 9.06. The van der Waals surface area contributed by atoms with Crippen molar-refractivity contribution in [2.24, 2.45) is 22.7 Å². The molecule has 198 valence electrons. The van der Waals surface area contributed by atoms with Crippen LogP contribution in [0.3, 0.4) is 0 Å². The van der Waals surface area contributed by atoms with Crippen LogP contribution in [-0.2, 0) is 14.4 Å². The van der Waals surface area contributed by atoms with Crippen LogP contribution in [0.15, 0.2) is 29.0 Å². The van der Waals surface area contributed by atoms with E-state index in [-0.39, 0.29) is 11.1 Å². The van der Waals surface area contributed by atoms with Crippen molar-refractivity contribution in [3.8, 4) is 5.75 Å². The lowest BCUT2D eigenvalue weighted by molar-refractivity contribution is -0.215. The second-order valence-corrected chi connectivity index (χ2v) is 11.0. The summed E-state index contributed by atoms with van der Waals surface area (Å²) >= 11 is 0. The molecule has 0 spiro atoms. The van der Waals surface area contributed by atoms with Gasteiger partial charge in [0.1, 0.15) is 28.4 Å². The summed E-state index contributed by atoms with van der Waals surface area (Å²) in [5, 5.41) is 66.7. The van der Waals surface area contributed by atoms with E-state index in [4.69, 9.17) is 0 Å². The molecular formula is C27H30O10. The first-order chi connectivity index (χ1) is 16.9. The number of carbonyl (C=O) groups excluding carboxylic acids is 3. The van der Waals surface area contributed by atoms with Gasteiger partial charge in [0.2, 0.25) is 5.78 Å². The van der Waals surface area contributed by atoms with Gasteiger partial charge in [0.15, 0.2) is 17.2 Å². The first-order valence-corrected chi connectivity index (χ1v) is 11.9. The fraction of sp³-hybridized carbons (Fsp3) is 0.481. The van der Waals surface area contributed by atoms with E-state index in [2.05, 4.69) is 0 Å². The predicted octanol–water partition coefficient (Wildman–Crippen LogP) is 2.42. The predicted molar refractivity (Wildman–Crippen MR) is 129 cm³/mol. The zero-order valence-electron chi connectivity index (χ0n) is 21.3. The second-order valence-electron chi connectivity index (χ2n) is 11.0. The Kier molecular flexibility index (Phi) is 5.56. The van der Waals surface area contributed by atoms with Gasteiger partial charge >= 0.3 is 5.97 Å². The molecule has 0 radical (unpaired) electrons. The number of hydrogen-bond acceptors (Lipinski definition) is 9. The van der Waals surface area contributed by atoms with Gasteiger partial charge < -0.3 is 30.6 Å². The van der Waals surface area contributed by atoms with E-state index in [0.29, 0.717) is 0 Å². The Morgan fingerprint density at radius 1 is 1.05 bits per heavy atom. The van der Waals surface area contributed by atoms with E-state index in [0.717, 1.165) is 13.0 Å². The highest BCUT2D eigenvalue weighted by Crippen LogP contribution is 2.67. The Balaban J connectivity index is 2.18. The van der Waals surface area contributed by atoms with Crippen LogP contribution in [0.2, 0.25) is 0 Å². The van der Waals surface area contributed by atoms with Gasteiger partial charge in [0.05, 0.1) is 17.2 Å². The first-order valence-electron chi connectivity index (χ1n) is 11.9. The number of carboxylic acid groups (broad SMARTS) is 1. The van der Waals surface area contributed by atoms with Crippen LogP contribution in [-0.4, -0.2) is 65.7 Å². The SMILES string of the molecule is CC(=O)C1=C(O)[C@]2(O)C(=O)C3=C(O)c4c(ccc(C(=O)O)c4O)[C@@H](C)[C@]3(C)[C@@H](O)[C@]2(C)C(C(C)C)C1=O. The van der Waals surface area contributed by atoms with Crippen LogP contribution in [0, 0.1) is 22.7 Å². The smallest absolute Gasteiger partial charge is 0.339 e. The normalized spacial score (nSPS) is 35.3. The first kappa shape index (κ1) is 26.6. The second kappa shape index (κ2) is 7.75. The third-order valence-corrected chi connectivity index (χ3v) is 9.06. The van der Waals surface area contributed by atoms with Crippen molar-refractivity contribution in [3.63, 3.8) is 0 Å². The molecule has 0 saturated heterocycles. The zero-order chi connectivity index (χ0) is 28.2. The molecule has 10 heteroatoms. The number of phenols is 1. The van der Waals surface area contributed by atoms with Crippen LogP contribution >= 0.6 is 0 Å². The number of ketones is 3. The fourth-order valence-electron chi connectivity index (χ4n) is 7.10. The number of rotatable bonds is 3. The largest absolute Gasteiger partial charge is 0.508 e. The summed E-state index contributed by atoms with van der Waals surface area (Å²) in [5.74, 6) is -10.0. The van der Waals surface area contributed by atoms with E-state index in [9.17, 15) is 49.8 Å². The summed E-state index contributed by atoms with van der Waals surface area (Å²) in [6, 6.07) is 2.50. The van der Waals surface area contributed by atoms with Gasteiger partial charge in [-0.3, -0.25) is 14.4 Å². The van der Waals surface area contributed by atoms with E-state index in [1.54, 1.807) is 20.8 Å². The maximum Gasteiger partial charge on any atom is 0.339 e. The van der Waals surface area contributed by atoms with Gasteiger partial charge in [-0.2, -0.15) is 0 Å². The van der Waals surface area contributed by atoms with Crippen LogP contribution in [0.5, 0.6) is 5.75 Å². The number of hydrogen-bond donors (Lipinski definition) is 6. The maximum atomic E-state index is 14.2. The standard InChI is InChI=1S/C27H30O10/c1-9(2)16-19(30)14(11(4)28)21(32)27(37)22(33)17-20(31)15-12(7-8-13(18(15)29)23(34)35)10(3)25(17,5)24(36)26(16,27)6/h7-10,16,24,29,31-32,36-37H,1-6H3,(H,34,35)/t10-,16?,24-,25+,26+,27+/m1/s1. The number of fused-ring (bicyclic) bond motifs is 3. The minimum atomic E-state index is -2.99. The summed E-state index contributed by atoms with van der Waals surface area (Å²) in [6.07, 6.45) is -1.74. The molecule has 1 unspecified atom stereocenters. The summed E-state index contributed by atoms with van der Waals surface area (Å²) in [6.45, 7) is 8.62. The van der Waals surface area contributed by atoms with Gasteiger partial charge in [0.25, 0.3) is 0 Å². The number of benzene rings is 1. The quantitative estimate of drug-likeness (QED) is 0.327. The topological polar surface area (TPSA) is 190 Å². The molecule has 3 aliphatic carbocycles. The van der Waals surface area contributed by atoms with Gasteiger partial charge in [-0.25, -0.2) is 4.79 Å². The molecule has 10 nitrogen and oxygen atoms in total. The molecule has 37 heavy (non-hydrogen) atoms. The molecule has 4 rings (SSSR count). The summed E-state index contributed by atoms with van der Waals surface area (Å²) in [5.41, 5.74) is -8.66. The molecule has 0 aliphatic heterocycles. The van der Waals surface area contributed by atoms with Crippen LogP contribution in [0.4, 0.5) is 0 Å². The lowest BCUT2D eigenvalue weighted by Gasteiger charge is -2.63. The van der Waals surface area contributed by atoms with Crippen LogP contribution in [0.1, 0.15) is 68.9 Å². The Labute approximate surface area is 212 Å². The Morgan fingerprint density at radius 2 is 1.62 bits per heavy atom. The maximum absolute atomic E-state index is 14.2. The van der Waals surface area contributed by atoms with Crippen molar-refractivity contribution in [1.29, 1.82) is 0 Å². The molecule has 3 aliphatic rings. The zero-order valence-corrected chi connectivity index (χ0v) is 21.3. The highest BCUT2D eigenvalue weighted by atomic mass is 16.4. The summed E-state index contributed by atoms with van der Waals surface area (Å²) in [4.78, 5) is 51.7. The van der Waals surface area contributed by atoms with E-state index in [1.807, 2.05) is 0 Å². The highest BCUT2D eigenvalue weighted by molar-refractivity contribution is 6.24.